The van der Waals surface area contributed by atoms with E-state index < -0.39 is 0 Å². The van der Waals surface area contributed by atoms with Gasteiger partial charge in [0.15, 0.2) is 5.82 Å². The van der Waals surface area contributed by atoms with Crippen LogP contribution < -0.4 is 11.1 Å². The molecule has 0 radical (unpaired) electrons. The highest BCUT2D eigenvalue weighted by molar-refractivity contribution is 5.91. The predicted octanol–water partition coefficient (Wildman–Crippen LogP) is -0.428. The molecule has 3 rings (SSSR count). The normalized spacial score (nSPS) is 24.5. The topological polar surface area (TPSA) is 114 Å². The van der Waals surface area contributed by atoms with E-state index in [4.69, 9.17) is 15.0 Å². The van der Waals surface area contributed by atoms with Crippen LogP contribution in [0.2, 0.25) is 0 Å². The van der Waals surface area contributed by atoms with Crippen molar-refractivity contribution in [1.82, 2.24) is 15.0 Å². The Morgan fingerprint density at radius 3 is 2.68 bits per heavy atom. The molecule has 3 N–H and O–H groups in total. The summed E-state index contributed by atoms with van der Waals surface area (Å²) in [6, 6.07) is 1.67. The molecule has 9 heteroatoms. The molecule has 0 unspecified atom stereocenters. The summed E-state index contributed by atoms with van der Waals surface area (Å²) >= 11 is 0. The second-order valence-corrected chi connectivity index (χ2v) is 6.53. The monoisotopic (exact) mass is 351 g/mol. The minimum absolute atomic E-state index is 0.000831. The van der Waals surface area contributed by atoms with Crippen molar-refractivity contribution in [3.63, 3.8) is 0 Å². The van der Waals surface area contributed by atoms with Gasteiger partial charge in [0, 0.05) is 38.8 Å². The van der Waals surface area contributed by atoms with E-state index in [9.17, 15) is 9.59 Å². The van der Waals surface area contributed by atoms with E-state index in [-0.39, 0.29) is 30.6 Å². The third kappa shape index (κ3) is 4.56. The van der Waals surface area contributed by atoms with Crippen molar-refractivity contribution in [1.29, 1.82) is 0 Å². The van der Waals surface area contributed by atoms with E-state index in [1.807, 2.05) is 9.80 Å². The molecule has 2 aliphatic heterocycles. The molecule has 0 aliphatic carbocycles. The first-order valence-electron chi connectivity index (χ1n) is 8.65. The molecular formula is C16H25N5O4. The zero-order valence-corrected chi connectivity index (χ0v) is 14.4. The van der Waals surface area contributed by atoms with Crippen LogP contribution in [0.3, 0.4) is 0 Å². The van der Waals surface area contributed by atoms with Crippen molar-refractivity contribution >= 4 is 17.6 Å². The van der Waals surface area contributed by atoms with Gasteiger partial charge in [-0.1, -0.05) is 5.16 Å². The lowest BCUT2D eigenvalue weighted by Crippen LogP contribution is -2.52. The molecule has 0 saturated carbocycles. The first-order valence-corrected chi connectivity index (χ1v) is 8.65. The fourth-order valence-corrected chi connectivity index (χ4v) is 3.20. The van der Waals surface area contributed by atoms with Gasteiger partial charge in [0.25, 0.3) is 5.91 Å². The molecule has 2 aliphatic rings. The molecule has 9 nitrogen and oxygen atoms in total. The number of piperazine rings is 1. The SMILES string of the molecule is Cc1cc(NC(=O)CN2CCN(C(=O)[C@@H]3CC[C@H](CN)O3)CC2)no1. The van der Waals surface area contributed by atoms with E-state index in [0.29, 0.717) is 44.3 Å². The van der Waals surface area contributed by atoms with Crippen LogP contribution in [0.4, 0.5) is 5.82 Å². The van der Waals surface area contributed by atoms with Crippen LogP contribution in [-0.4, -0.2) is 78.2 Å². The lowest BCUT2D eigenvalue weighted by molar-refractivity contribution is -0.144. The maximum Gasteiger partial charge on any atom is 0.251 e. The Labute approximate surface area is 146 Å². The van der Waals surface area contributed by atoms with Crippen LogP contribution >= 0.6 is 0 Å². The molecule has 0 bridgehead atoms. The zero-order valence-electron chi connectivity index (χ0n) is 14.4. The summed E-state index contributed by atoms with van der Waals surface area (Å²) < 4.78 is 10.6. The molecule has 2 atom stereocenters. The Bertz CT molecular complexity index is 611. The van der Waals surface area contributed by atoms with Crippen LogP contribution in [-0.2, 0) is 14.3 Å². The standard InChI is InChI=1S/C16H25N5O4/c1-11-8-14(19-25-11)18-15(22)10-20-4-6-21(7-5-20)16(23)13-3-2-12(9-17)24-13/h8,12-13H,2-7,9-10,17H2,1H3,(H,18,19,22)/t12-,13+/m1/s1. The van der Waals surface area contributed by atoms with Crippen molar-refractivity contribution in [2.45, 2.75) is 32.0 Å². The van der Waals surface area contributed by atoms with Gasteiger partial charge >= 0.3 is 0 Å². The minimum atomic E-state index is -0.362. The number of anilines is 1. The Morgan fingerprint density at radius 1 is 1.32 bits per heavy atom. The number of aryl methyl sites for hydroxylation is 1. The number of aromatic nitrogens is 1. The molecule has 2 fully saturated rings. The summed E-state index contributed by atoms with van der Waals surface area (Å²) in [5.74, 6) is 0.966. The second-order valence-electron chi connectivity index (χ2n) is 6.53. The van der Waals surface area contributed by atoms with Gasteiger partial charge < -0.3 is 25.2 Å². The predicted molar refractivity (Wildman–Crippen MR) is 89.8 cm³/mol. The quantitative estimate of drug-likeness (QED) is 0.740. The van der Waals surface area contributed by atoms with Crippen molar-refractivity contribution < 1.29 is 18.8 Å². The third-order valence-corrected chi connectivity index (χ3v) is 4.59. The molecule has 0 aromatic carbocycles. The number of carbonyl (C=O) groups excluding carboxylic acids is 2. The highest BCUT2D eigenvalue weighted by Gasteiger charge is 2.34. The van der Waals surface area contributed by atoms with Crippen LogP contribution in [0.5, 0.6) is 0 Å². The first-order chi connectivity index (χ1) is 12.0. The van der Waals surface area contributed by atoms with Gasteiger partial charge in [-0.3, -0.25) is 14.5 Å². The molecule has 0 spiro atoms. The van der Waals surface area contributed by atoms with Gasteiger partial charge in [0.05, 0.1) is 12.6 Å². The number of hydrogen-bond acceptors (Lipinski definition) is 7. The number of ether oxygens (including phenoxy) is 1. The molecule has 1 aromatic heterocycles. The third-order valence-electron chi connectivity index (χ3n) is 4.59. The lowest BCUT2D eigenvalue weighted by Gasteiger charge is -2.35. The Balaban J connectivity index is 1.41. The summed E-state index contributed by atoms with van der Waals surface area (Å²) in [5.41, 5.74) is 5.59. The van der Waals surface area contributed by atoms with Gasteiger partial charge in [-0.15, -0.1) is 0 Å². The largest absolute Gasteiger partial charge is 0.364 e. The molecular weight excluding hydrogens is 326 g/mol. The Morgan fingerprint density at radius 2 is 2.08 bits per heavy atom. The van der Waals surface area contributed by atoms with Gasteiger partial charge in [0.1, 0.15) is 11.9 Å². The lowest BCUT2D eigenvalue weighted by atomic mass is 10.1. The molecule has 2 amide bonds. The van der Waals surface area contributed by atoms with Crippen molar-refractivity contribution in [2.75, 3.05) is 44.6 Å². The number of carbonyl (C=O) groups is 2. The van der Waals surface area contributed by atoms with Gasteiger partial charge in [-0.2, -0.15) is 0 Å². The van der Waals surface area contributed by atoms with Gasteiger partial charge in [-0.05, 0) is 19.8 Å². The molecule has 1 aromatic rings. The van der Waals surface area contributed by atoms with Crippen molar-refractivity contribution in [2.24, 2.45) is 5.73 Å². The average molecular weight is 351 g/mol. The number of nitrogens with one attached hydrogen (secondary N) is 1. The summed E-state index contributed by atoms with van der Waals surface area (Å²) in [5, 5.41) is 6.44. The molecule has 2 saturated heterocycles. The average Bonchev–Trinajstić information content (AvgIpc) is 3.24. The minimum Gasteiger partial charge on any atom is -0.364 e. The summed E-state index contributed by atoms with van der Waals surface area (Å²) in [6.07, 6.45) is 1.22. The number of amides is 2. The Kier molecular flexibility index (Phi) is 5.67. The van der Waals surface area contributed by atoms with E-state index in [2.05, 4.69) is 10.5 Å². The second kappa shape index (κ2) is 7.94. The van der Waals surface area contributed by atoms with Crippen LogP contribution in [0.1, 0.15) is 18.6 Å². The number of nitrogens with zero attached hydrogens (tertiary/aromatic N) is 3. The fourth-order valence-electron chi connectivity index (χ4n) is 3.20. The summed E-state index contributed by atoms with van der Waals surface area (Å²) in [6.45, 7) is 5.00. The number of rotatable bonds is 5. The zero-order chi connectivity index (χ0) is 17.8. The highest BCUT2D eigenvalue weighted by Crippen LogP contribution is 2.21. The molecule has 25 heavy (non-hydrogen) atoms. The van der Waals surface area contributed by atoms with Crippen molar-refractivity contribution in [3.05, 3.63) is 11.8 Å². The maximum absolute atomic E-state index is 12.5. The van der Waals surface area contributed by atoms with Gasteiger partial charge in [-0.25, -0.2) is 0 Å². The van der Waals surface area contributed by atoms with Crippen LogP contribution in [0, 0.1) is 6.92 Å². The Hall–Kier alpha value is -1.97. The number of hydrogen-bond donors (Lipinski definition) is 2. The van der Waals surface area contributed by atoms with Crippen LogP contribution in [0.15, 0.2) is 10.6 Å². The highest BCUT2D eigenvalue weighted by atomic mass is 16.5. The summed E-state index contributed by atoms with van der Waals surface area (Å²) in [7, 11) is 0. The number of nitrogens with two attached hydrogens (primary N) is 1. The smallest absolute Gasteiger partial charge is 0.251 e. The van der Waals surface area contributed by atoms with Crippen LogP contribution in [0.25, 0.3) is 0 Å². The first kappa shape index (κ1) is 17.8. The summed E-state index contributed by atoms with van der Waals surface area (Å²) in [4.78, 5) is 28.4. The molecule has 3 heterocycles. The maximum atomic E-state index is 12.5. The van der Waals surface area contributed by atoms with E-state index in [1.165, 1.54) is 0 Å². The molecule has 138 valence electrons. The van der Waals surface area contributed by atoms with E-state index >= 15 is 0 Å². The van der Waals surface area contributed by atoms with E-state index in [0.717, 1.165) is 12.8 Å². The van der Waals surface area contributed by atoms with E-state index in [1.54, 1.807) is 13.0 Å². The van der Waals surface area contributed by atoms with Gasteiger partial charge in [0.2, 0.25) is 5.91 Å². The fraction of sp³-hybridized carbons (Fsp3) is 0.688. The van der Waals surface area contributed by atoms with Crippen molar-refractivity contribution in [3.8, 4) is 0 Å².